The Morgan fingerprint density at radius 2 is 1.69 bits per heavy atom. The number of nitrogens with one attached hydrogen (secondary N) is 1. The zero-order valence-corrected chi connectivity index (χ0v) is 19.0. The predicted octanol–water partition coefficient (Wildman–Crippen LogP) is 6.18. The molecule has 0 saturated heterocycles. The molecule has 0 fully saturated rings. The molecule has 29 heavy (non-hydrogen) atoms. The fraction of sp³-hybridized carbons (Fsp3) is 0.0435. The van der Waals surface area contributed by atoms with Crippen molar-refractivity contribution < 1.29 is 9.53 Å². The zero-order chi connectivity index (χ0) is 20.6. The Balaban J connectivity index is 1.63. The fourth-order valence-corrected chi connectivity index (χ4v) is 3.08. The van der Waals surface area contributed by atoms with Gasteiger partial charge in [-0.1, -0.05) is 40.2 Å². The minimum absolute atomic E-state index is 0.0343. The molecule has 1 amide bonds. The van der Waals surface area contributed by atoms with Crippen LogP contribution in [0, 0.1) is 14.9 Å². The summed E-state index contributed by atoms with van der Waals surface area (Å²) in [7, 11) is 0. The van der Waals surface area contributed by atoms with Crippen molar-refractivity contribution in [1.82, 2.24) is 0 Å². The van der Waals surface area contributed by atoms with Gasteiger partial charge in [0.25, 0.3) is 5.91 Å². The van der Waals surface area contributed by atoms with Gasteiger partial charge in [0.2, 0.25) is 0 Å². The number of carbonyl (C=O) groups excluding carboxylic acids is 1. The summed E-state index contributed by atoms with van der Waals surface area (Å²) < 4.78 is 7.87. The third-order valence-electron chi connectivity index (χ3n) is 3.98. The number of rotatable bonds is 6. The largest absolute Gasteiger partial charge is 0.489 e. The summed E-state index contributed by atoms with van der Waals surface area (Å²) >= 11 is 5.60. The van der Waals surface area contributed by atoms with Crippen LogP contribution in [-0.2, 0) is 11.4 Å². The highest BCUT2D eigenvalue weighted by Gasteiger charge is 2.09. The van der Waals surface area contributed by atoms with Crippen LogP contribution >= 0.6 is 38.5 Å². The van der Waals surface area contributed by atoms with E-state index in [2.05, 4.69) is 43.8 Å². The SMILES string of the molecule is N#C/C(=C\c1ccc(OCc2ccc(Br)cc2)cc1)C(=O)Nc1ccc(I)cc1. The lowest BCUT2D eigenvalue weighted by molar-refractivity contribution is -0.112. The number of nitrogens with zero attached hydrogens (tertiary/aromatic N) is 1. The third-order valence-corrected chi connectivity index (χ3v) is 5.22. The molecule has 3 rings (SSSR count). The molecule has 4 nitrogen and oxygen atoms in total. The molecule has 0 saturated carbocycles. The summed E-state index contributed by atoms with van der Waals surface area (Å²) in [4.78, 5) is 12.4. The molecule has 3 aromatic carbocycles. The number of anilines is 1. The van der Waals surface area contributed by atoms with Gasteiger partial charge in [0.1, 0.15) is 24.0 Å². The van der Waals surface area contributed by atoms with E-state index in [9.17, 15) is 10.1 Å². The second-order valence-electron chi connectivity index (χ2n) is 6.12. The number of carbonyl (C=O) groups is 1. The monoisotopic (exact) mass is 558 g/mol. The summed E-state index contributed by atoms with van der Waals surface area (Å²) in [6.45, 7) is 0.463. The van der Waals surface area contributed by atoms with E-state index in [1.807, 2.05) is 66.7 Å². The molecule has 0 aliphatic carbocycles. The maximum absolute atomic E-state index is 12.4. The molecule has 0 spiro atoms. The summed E-state index contributed by atoms with van der Waals surface area (Å²) in [6, 6.07) is 24.5. The molecule has 0 atom stereocenters. The van der Waals surface area contributed by atoms with Gasteiger partial charge in [-0.05, 0) is 88.3 Å². The van der Waals surface area contributed by atoms with Gasteiger partial charge in [-0.3, -0.25) is 4.79 Å². The Kier molecular flexibility index (Phi) is 7.44. The molecule has 144 valence electrons. The molecule has 0 aromatic heterocycles. The molecule has 1 N–H and O–H groups in total. The number of hydrogen-bond donors (Lipinski definition) is 1. The maximum Gasteiger partial charge on any atom is 0.266 e. The van der Waals surface area contributed by atoms with Crippen molar-refractivity contribution in [2.75, 3.05) is 5.32 Å². The zero-order valence-electron chi connectivity index (χ0n) is 15.2. The second kappa shape index (κ2) is 10.2. The fourth-order valence-electron chi connectivity index (χ4n) is 2.45. The number of hydrogen-bond acceptors (Lipinski definition) is 3. The molecule has 6 heteroatoms. The Hall–Kier alpha value is -2.63. The topological polar surface area (TPSA) is 62.1 Å². The van der Waals surface area contributed by atoms with Gasteiger partial charge in [0.05, 0.1) is 0 Å². The molecule has 0 unspecified atom stereocenters. The van der Waals surface area contributed by atoms with Crippen molar-refractivity contribution in [3.05, 3.63) is 97.5 Å². The molecule has 0 aliphatic rings. The lowest BCUT2D eigenvalue weighted by Gasteiger charge is -2.07. The van der Waals surface area contributed by atoms with E-state index in [1.165, 1.54) is 0 Å². The van der Waals surface area contributed by atoms with Crippen molar-refractivity contribution in [3.63, 3.8) is 0 Å². The van der Waals surface area contributed by atoms with Gasteiger partial charge < -0.3 is 10.1 Å². The Morgan fingerprint density at radius 1 is 1.03 bits per heavy atom. The van der Waals surface area contributed by atoms with Crippen molar-refractivity contribution in [2.24, 2.45) is 0 Å². The van der Waals surface area contributed by atoms with Crippen LogP contribution in [0.2, 0.25) is 0 Å². The summed E-state index contributed by atoms with van der Waals surface area (Å²) in [6.07, 6.45) is 1.56. The highest BCUT2D eigenvalue weighted by Crippen LogP contribution is 2.18. The standard InChI is InChI=1S/C23H16BrIN2O2/c24-19-5-1-17(2-6-19)15-29-22-11-3-16(4-12-22)13-18(14-26)23(28)27-21-9-7-20(25)8-10-21/h1-13H,15H2,(H,27,28)/b18-13+. The van der Waals surface area contributed by atoms with Crippen molar-refractivity contribution in [2.45, 2.75) is 6.61 Å². The second-order valence-corrected chi connectivity index (χ2v) is 8.28. The van der Waals surface area contributed by atoms with E-state index in [0.717, 1.165) is 19.2 Å². The molecule has 0 heterocycles. The van der Waals surface area contributed by atoms with Gasteiger partial charge >= 0.3 is 0 Å². The van der Waals surface area contributed by atoms with Gasteiger partial charge in [-0.25, -0.2) is 0 Å². The average Bonchev–Trinajstić information content (AvgIpc) is 2.74. The van der Waals surface area contributed by atoms with Gasteiger partial charge in [-0.15, -0.1) is 0 Å². The third kappa shape index (κ3) is 6.44. The van der Waals surface area contributed by atoms with E-state index >= 15 is 0 Å². The van der Waals surface area contributed by atoms with Crippen LogP contribution in [0.5, 0.6) is 5.75 Å². The lowest BCUT2D eigenvalue weighted by atomic mass is 10.1. The van der Waals surface area contributed by atoms with Crippen LogP contribution in [0.15, 0.2) is 82.8 Å². The molecular weight excluding hydrogens is 543 g/mol. The first-order valence-electron chi connectivity index (χ1n) is 8.69. The molecule has 0 aliphatic heterocycles. The molecule has 3 aromatic rings. The van der Waals surface area contributed by atoms with Crippen molar-refractivity contribution in [1.29, 1.82) is 5.26 Å². The number of halogens is 2. The van der Waals surface area contributed by atoms with E-state index in [0.29, 0.717) is 18.0 Å². The minimum atomic E-state index is -0.440. The van der Waals surface area contributed by atoms with E-state index in [1.54, 1.807) is 18.2 Å². The predicted molar refractivity (Wildman–Crippen MR) is 126 cm³/mol. The minimum Gasteiger partial charge on any atom is -0.489 e. The number of nitriles is 1. The van der Waals surface area contributed by atoms with Crippen LogP contribution in [0.25, 0.3) is 6.08 Å². The Labute approximate surface area is 191 Å². The highest BCUT2D eigenvalue weighted by molar-refractivity contribution is 14.1. The average molecular weight is 559 g/mol. The van der Waals surface area contributed by atoms with Crippen LogP contribution in [0.3, 0.4) is 0 Å². The molecule has 0 radical (unpaired) electrons. The van der Waals surface area contributed by atoms with Crippen LogP contribution < -0.4 is 10.1 Å². The molecule has 0 bridgehead atoms. The van der Waals surface area contributed by atoms with Gasteiger partial charge in [0.15, 0.2) is 0 Å². The first-order valence-corrected chi connectivity index (χ1v) is 10.6. The first kappa shape index (κ1) is 21.1. The smallest absolute Gasteiger partial charge is 0.266 e. The quantitative estimate of drug-likeness (QED) is 0.223. The van der Waals surface area contributed by atoms with Crippen LogP contribution in [0.4, 0.5) is 5.69 Å². The van der Waals surface area contributed by atoms with Crippen molar-refractivity contribution in [3.8, 4) is 11.8 Å². The Morgan fingerprint density at radius 3 is 2.31 bits per heavy atom. The first-order chi connectivity index (χ1) is 14.0. The van der Waals surface area contributed by atoms with Gasteiger partial charge in [0, 0.05) is 13.7 Å². The normalized spacial score (nSPS) is 10.9. The summed E-state index contributed by atoms with van der Waals surface area (Å²) in [5.41, 5.74) is 2.49. The summed E-state index contributed by atoms with van der Waals surface area (Å²) in [5.74, 6) is 0.274. The molecular formula is C23H16BrIN2O2. The van der Waals surface area contributed by atoms with Gasteiger partial charge in [-0.2, -0.15) is 5.26 Å². The highest BCUT2D eigenvalue weighted by atomic mass is 127. The number of benzene rings is 3. The summed E-state index contributed by atoms with van der Waals surface area (Å²) in [5, 5.41) is 12.1. The van der Waals surface area contributed by atoms with Crippen LogP contribution in [-0.4, -0.2) is 5.91 Å². The lowest BCUT2D eigenvalue weighted by Crippen LogP contribution is -2.13. The number of amides is 1. The van der Waals surface area contributed by atoms with Crippen molar-refractivity contribution >= 4 is 56.2 Å². The number of ether oxygens (including phenoxy) is 1. The van der Waals surface area contributed by atoms with E-state index < -0.39 is 5.91 Å². The van der Waals surface area contributed by atoms with Crippen LogP contribution in [0.1, 0.15) is 11.1 Å². The Bertz CT molecular complexity index is 1050. The van der Waals surface area contributed by atoms with E-state index in [4.69, 9.17) is 4.74 Å². The maximum atomic E-state index is 12.4. The van der Waals surface area contributed by atoms with E-state index in [-0.39, 0.29) is 5.57 Å².